The lowest BCUT2D eigenvalue weighted by Gasteiger charge is -2.18. The molecule has 0 spiro atoms. The summed E-state index contributed by atoms with van der Waals surface area (Å²) in [6.45, 7) is -0.219. The van der Waals surface area contributed by atoms with Crippen LogP contribution in [0.3, 0.4) is 0 Å². The van der Waals surface area contributed by atoms with E-state index in [2.05, 4.69) is 21.2 Å². The molecule has 0 aromatic heterocycles. The molecule has 1 aliphatic rings. The number of amides is 2. The Morgan fingerprint density at radius 1 is 0.972 bits per heavy atom. The van der Waals surface area contributed by atoms with Gasteiger partial charge in [0.1, 0.15) is 0 Å². The van der Waals surface area contributed by atoms with Gasteiger partial charge < -0.3 is 15.0 Å². The van der Waals surface area contributed by atoms with Gasteiger partial charge in [-0.15, -0.1) is 0 Å². The van der Waals surface area contributed by atoms with Crippen LogP contribution in [0.4, 0.5) is 11.4 Å². The molecule has 36 heavy (non-hydrogen) atoms. The van der Waals surface area contributed by atoms with Gasteiger partial charge in [0.25, 0.3) is 0 Å². The largest absolute Gasteiger partial charge is 0.454 e. The quantitative estimate of drug-likeness (QED) is 0.278. The number of hydrogen-bond acceptors (Lipinski definition) is 5. The number of benzene rings is 3. The summed E-state index contributed by atoms with van der Waals surface area (Å²) in [5.74, 6) is -2.12. The highest BCUT2D eigenvalue weighted by Crippen LogP contribution is 2.36. The van der Waals surface area contributed by atoms with Crippen molar-refractivity contribution in [2.45, 2.75) is 6.42 Å². The fourth-order valence-corrected chi connectivity index (χ4v) is 4.35. The molecule has 4 rings (SSSR count). The zero-order chi connectivity index (χ0) is 25.8. The monoisotopic (exact) mass is 588 g/mol. The van der Waals surface area contributed by atoms with Crippen LogP contribution in [0.1, 0.15) is 27.1 Å². The van der Waals surface area contributed by atoms with Gasteiger partial charge in [0.2, 0.25) is 11.8 Å². The molecule has 0 saturated carbocycles. The Balaban J connectivity index is 1.32. The van der Waals surface area contributed by atoms with Gasteiger partial charge in [-0.1, -0.05) is 57.3 Å². The van der Waals surface area contributed by atoms with E-state index in [4.69, 9.17) is 27.9 Å². The van der Waals surface area contributed by atoms with Gasteiger partial charge in [0, 0.05) is 28.7 Å². The Hall–Kier alpha value is -3.20. The van der Waals surface area contributed by atoms with Crippen LogP contribution in [0.5, 0.6) is 0 Å². The molecule has 1 fully saturated rings. The predicted octanol–water partition coefficient (Wildman–Crippen LogP) is 5.79. The van der Waals surface area contributed by atoms with E-state index in [1.54, 1.807) is 54.6 Å². The maximum atomic E-state index is 12.8. The molecule has 7 nitrogen and oxygen atoms in total. The zero-order valence-electron chi connectivity index (χ0n) is 18.7. The van der Waals surface area contributed by atoms with Crippen LogP contribution in [0.2, 0.25) is 10.0 Å². The highest BCUT2D eigenvalue weighted by Gasteiger charge is 2.36. The zero-order valence-corrected chi connectivity index (χ0v) is 21.8. The number of nitrogens with zero attached hydrogens (tertiary/aromatic N) is 1. The smallest absolute Gasteiger partial charge is 0.338 e. The van der Waals surface area contributed by atoms with Crippen molar-refractivity contribution in [1.82, 2.24) is 0 Å². The molecule has 3 aromatic rings. The molecule has 1 saturated heterocycles. The lowest BCUT2D eigenvalue weighted by molar-refractivity contribution is -0.122. The van der Waals surface area contributed by atoms with Crippen molar-refractivity contribution in [1.29, 1.82) is 0 Å². The average molecular weight is 590 g/mol. The maximum absolute atomic E-state index is 12.8. The predicted molar refractivity (Wildman–Crippen MR) is 141 cm³/mol. The second kappa shape index (κ2) is 11.2. The van der Waals surface area contributed by atoms with E-state index in [9.17, 15) is 19.2 Å². The van der Waals surface area contributed by atoms with Crippen LogP contribution in [-0.2, 0) is 14.3 Å². The fourth-order valence-electron chi connectivity index (χ4n) is 3.68. The standard InChI is InChI=1S/C26H19BrCl2N2O5/c27-18-8-4-15(5-9-18)22(32)14-36-26(35)16-6-10-19(11-7-16)30-25(34)17-12-23(33)31(13-17)21-3-1-2-20(28)24(21)29/h1-11,17H,12-14H2,(H,30,34)/t17-/m0/s1. The molecule has 1 aliphatic heterocycles. The molecule has 2 amide bonds. The Labute approximate surface area is 225 Å². The summed E-state index contributed by atoms with van der Waals surface area (Å²) in [7, 11) is 0. The first-order valence-corrected chi connectivity index (χ1v) is 12.4. The van der Waals surface area contributed by atoms with E-state index < -0.39 is 11.9 Å². The first-order valence-electron chi connectivity index (χ1n) is 10.8. The number of carbonyl (C=O) groups is 4. The summed E-state index contributed by atoms with van der Waals surface area (Å²) < 4.78 is 5.95. The van der Waals surface area contributed by atoms with E-state index in [-0.39, 0.29) is 47.8 Å². The third-order valence-corrected chi connectivity index (χ3v) is 6.94. The molecule has 10 heteroatoms. The summed E-state index contributed by atoms with van der Waals surface area (Å²) >= 11 is 15.6. The number of rotatable bonds is 7. The maximum Gasteiger partial charge on any atom is 0.338 e. The van der Waals surface area contributed by atoms with E-state index in [1.165, 1.54) is 17.0 Å². The van der Waals surface area contributed by atoms with E-state index in [0.29, 0.717) is 22.0 Å². The Morgan fingerprint density at radius 3 is 2.33 bits per heavy atom. The van der Waals surface area contributed by atoms with Crippen molar-refractivity contribution in [3.8, 4) is 0 Å². The highest BCUT2D eigenvalue weighted by molar-refractivity contribution is 9.10. The van der Waals surface area contributed by atoms with E-state index in [1.807, 2.05) is 0 Å². The van der Waals surface area contributed by atoms with Gasteiger partial charge in [-0.05, 0) is 48.5 Å². The number of anilines is 2. The van der Waals surface area contributed by atoms with Gasteiger partial charge in [-0.3, -0.25) is 14.4 Å². The van der Waals surface area contributed by atoms with Crippen molar-refractivity contribution in [3.63, 3.8) is 0 Å². The minimum atomic E-state index is -0.659. The summed E-state index contributed by atoms with van der Waals surface area (Å²) in [6.07, 6.45) is 0.0332. The first-order chi connectivity index (χ1) is 17.2. The fraction of sp³-hybridized carbons (Fsp3) is 0.154. The van der Waals surface area contributed by atoms with Crippen LogP contribution in [-0.4, -0.2) is 36.7 Å². The minimum Gasteiger partial charge on any atom is -0.454 e. The third-order valence-electron chi connectivity index (χ3n) is 5.61. The second-order valence-corrected chi connectivity index (χ2v) is 9.75. The average Bonchev–Trinajstić information content (AvgIpc) is 3.26. The lowest BCUT2D eigenvalue weighted by atomic mass is 10.1. The SMILES string of the molecule is O=C(COC(=O)c1ccc(NC(=O)[C@H]2CC(=O)N(c3cccc(Cl)c3Cl)C2)cc1)c1ccc(Br)cc1. The molecular weight excluding hydrogens is 571 g/mol. The molecule has 0 aliphatic carbocycles. The number of nitrogens with one attached hydrogen (secondary N) is 1. The molecule has 3 aromatic carbocycles. The molecule has 0 radical (unpaired) electrons. The number of ether oxygens (including phenoxy) is 1. The molecule has 0 bridgehead atoms. The molecule has 1 heterocycles. The first kappa shape index (κ1) is 25.9. The lowest BCUT2D eigenvalue weighted by Crippen LogP contribution is -2.28. The molecular formula is C26H19BrCl2N2O5. The summed E-state index contributed by atoms with van der Waals surface area (Å²) in [5, 5.41) is 3.34. The van der Waals surface area contributed by atoms with Crippen molar-refractivity contribution in [2.75, 3.05) is 23.4 Å². The van der Waals surface area contributed by atoms with Crippen LogP contribution >= 0.6 is 39.1 Å². The summed E-state index contributed by atoms with van der Waals surface area (Å²) in [5.41, 5.74) is 1.58. The Bertz CT molecular complexity index is 1330. The summed E-state index contributed by atoms with van der Waals surface area (Å²) in [4.78, 5) is 51.2. The Kier molecular flexibility index (Phi) is 8.08. The normalized spacial score (nSPS) is 15.0. The van der Waals surface area contributed by atoms with Crippen LogP contribution < -0.4 is 10.2 Å². The minimum absolute atomic E-state index is 0.0332. The van der Waals surface area contributed by atoms with E-state index in [0.717, 1.165) is 4.47 Å². The number of halogens is 3. The van der Waals surface area contributed by atoms with Gasteiger partial charge in [-0.25, -0.2) is 4.79 Å². The number of esters is 1. The number of Topliss-reactive ketones (excluding diaryl/α,β-unsaturated/α-hetero) is 1. The number of ketones is 1. The molecule has 1 atom stereocenters. The molecule has 0 unspecified atom stereocenters. The van der Waals surface area contributed by atoms with Crippen LogP contribution in [0.25, 0.3) is 0 Å². The van der Waals surface area contributed by atoms with Gasteiger partial charge >= 0.3 is 5.97 Å². The van der Waals surface area contributed by atoms with E-state index >= 15 is 0 Å². The van der Waals surface area contributed by atoms with Crippen LogP contribution in [0, 0.1) is 5.92 Å². The van der Waals surface area contributed by atoms with Gasteiger partial charge in [0.05, 0.1) is 27.2 Å². The topological polar surface area (TPSA) is 92.8 Å². The third kappa shape index (κ3) is 5.95. The number of carbonyl (C=O) groups excluding carboxylic acids is 4. The van der Waals surface area contributed by atoms with Crippen molar-refractivity contribution >= 4 is 74.1 Å². The number of hydrogen-bond donors (Lipinski definition) is 1. The second-order valence-electron chi connectivity index (χ2n) is 8.05. The van der Waals surface area contributed by atoms with Crippen LogP contribution in [0.15, 0.2) is 71.2 Å². The van der Waals surface area contributed by atoms with Gasteiger partial charge in [-0.2, -0.15) is 0 Å². The molecule has 184 valence electrons. The van der Waals surface area contributed by atoms with Crippen molar-refractivity contribution in [2.24, 2.45) is 5.92 Å². The Morgan fingerprint density at radius 2 is 1.64 bits per heavy atom. The highest BCUT2D eigenvalue weighted by atomic mass is 79.9. The van der Waals surface area contributed by atoms with Gasteiger partial charge in [0.15, 0.2) is 12.4 Å². The van der Waals surface area contributed by atoms with Crippen molar-refractivity contribution in [3.05, 3.63) is 92.4 Å². The summed E-state index contributed by atoms with van der Waals surface area (Å²) in [6, 6.07) is 17.8. The van der Waals surface area contributed by atoms with Crippen molar-refractivity contribution < 1.29 is 23.9 Å². The molecule has 1 N–H and O–H groups in total.